The highest BCUT2D eigenvalue weighted by molar-refractivity contribution is 5.76. The molecule has 0 aromatic rings. The highest BCUT2D eigenvalue weighted by atomic mass is 16.5. The monoisotopic (exact) mass is 270 g/mol. The largest absolute Gasteiger partial charge is 0.381 e. The Hall–Kier alpha value is -0.650. The van der Waals surface area contributed by atoms with E-state index in [1.807, 2.05) is 11.9 Å². The topological polar surface area (TPSA) is 50.8 Å². The van der Waals surface area contributed by atoms with Crippen LogP contribution in [0.2, 0.25) is 0 Å². The minimum absolute atomic E-state index is 0.180. The van der Waals surface area contributed by atoms with Gasteiger partial charge in [-0.05, 0) is 25.7 Å². The van der Waals surface area contributed by atoms with E-state index in [0.29, 0.717) is 25.2 Å². The van der Waals surface area contributed by atoms with Crippen molar-refractivity contribution in [2.45, 2.75) is 50.3 Å². The maximum atomic E-state index is 12.3. The molecule has 1 unspecified atom stereocenters. The SMILES string of the molecule is COC1CCC(N(C)C(=O)CC2COCCN2)CC1. The van der Waals surface area contributed by atoms with Gasteiger partial charge in [-0.25, -0.2) is 0 Å². The summed E-state index contributed by atoms with van der Waals surface area (Å²) < 4.78 is 10.8. The lowest BCUT2D eigenvalue weighted by Gasteiger charge is -2.35. The molecule has 1 atom stereocenters. The summed E-state index contributed by atoms with van der Waals surface area (Å²) >= 11 is 0. The van der Waals surface area contributed by atoms with Crippen LogP contribution in [0, 0.1) is 0 Å². The van der Waals surface area contributed by atoms with E-state index in [-0.39, 0.29) is 11.9 Å². The van der Waals surface area contributed by atoms with Gasteiger partial charge < -0.3 is 19.7 Å². The van der Waals surface area contributed by atoms with Crippen LogP contribution >= 0.6 is 0 Å². The third-order valence-corrected chi connectivity index (χ3v) is 4.34. The molecule has 1 saturated heterocycles. The normalized spacial score (nSPS) is 32.0. The van der Waals surface area contributed by atoms with Crippen LogP contribution in [0.4, 0.5) is 0 Å². The number of hydrogen-bond donors (Lipinski definition) is 1. The number of nitrogens with one attached hydrogen (secondary N) is 1. The Balaban J connectivity index is 1.75. The Labute approximate surface area is 115 Å². The number of morpholine rings is 1. The van der Waals surface area contributed by atoms with E-state index in [9.17, 15) is 4.79 Å². The molecule has 5 nitrogen and oxygen atoms in total. The molecule has 1 heterocycles. The first-order chi connectivity index (χ1) is 9.20. The van der Waals surface area contributed by atoms with Gasteiger partial charge in [0.1, 0.15) is 0 Å². The van der Waals surface area contributed by atoms with Crippen molar-refractivity contribution in [2.75, 3.05) is 33.9 Å². The van der Waals surface area contributed by atoms with E-state index in [1.54, 1.807) is 7.11 Å². The Kier molecular flexibility index (Phi) is 5.60. The van der Waals surface area contributed by atoms with Crippen molar-refractivity contribution in [3.8, 4) is 0 Å². The molecule has 1 amide bonds. The first-order valence-corrected chi connectivity index (χ1v) is 7.30. The van der Waals surface area contributed by atoms with E-state index < -0.39 is 0 Å². The minimum atomic E-state index is 0.180. The number of amides is 1. The van der Waals surface area contributed by atoms with Gasteiger partial charge in [0, 0.05) is 39.2 Å². The van der Waals surface area contributed by atoms with Gasteiger partial charge in [0.2, 0.25) is 5.91 Å². The van der Waals surface area contributed by atoms with E-state index in [0.717, 1.165) is 38.8 Å². The van der Waals surface area contributed by atoms with Gasteiger partial charge in [0.25, 0.3) is 0 Å². The van der Waals surface area contributed by atoms with Crippen molar-refractivity contribution in [3.05, 3.63) is 0 Å². The molecule has 1 aliphatic carbocycles. The zero-order chi connectivity index (χ0) is 13.7. The molecule has 0 radical (unpaired) electrons. The molecule has 0 aromatic heterocycles. The number of methoxy groups -OCH3 is 1. The molecule has 2 aliphatic rings. The van der Waals surface area contributed by atoms with Crippen LogP contribution in [0.5, 0.6) is 0 Å². The highest BCUT2D eigenvalue weighted by Crippen LogP contribution is 2.24. The van der Waals surface area contributed by atoms with Crippen LogP contribution in [0.25, 0.3) is 0 Å². The average Bonchev–Trinajstić information content (AvgIpc) is 2.47. The molecule has 1 N–H and O–H groups in total. The molecule has 0 spiro atoms. The third kappa shape index (κ3) is 4.16. The molecule has 19 heavy (non-hydrogen) atoms. The Bertz CT molecular complexity index is 284. The van der Waals surface area contributed by atoms with E-state index in [2.05, 4.69) is 5.32 Å². The summed E-state index contributed by atoms with van der Waals surface area (Å²) in [6.07, 6.45) is 5.15. The maximum Gasteiger partial charge on any atom is 0.224 e. The number of hydrogen-bond acceptors (Lipinski definition) is 4. The van der Waals surface area contributed by atoms with Crippen molar-refractivity contribution in [1.82, 2.24) is 10.2 Å². The number of carbonyl (C=O) groups excluding carboxylic acids is 1. The van der Waals surface area contributed by atoms with Crippen molar-refractivity contribution in [1.29, 1.82) is 0 Å². The number of rotatable bonds is 4. The molecular formula is C14H26N2O3. The van der Waals surface area contributed by atoms with E-state index in [4.69, 9.17) is 9.47 Å². The van der Waals surface area contributed by atoms with Crippen LogP contribution < -0.4 is 5.32 Å². The van der Waals surface area contributed by atoms with Crippen LogP contribution in [0.15, 0.2) is 0 Å². The predicted octanol–water partition coefficient (Wildman–Crippen LogP) is 0.781. The van der Waals surface area contributed by atoms with Crippen molar-refractivity contribution >= 4 is 5.91 Å². The summed E-state index contributed by atoms with van der Waals surface area (Å²) in [6, 6.07) is 0.558. The van der Waals surface area contributed by atoms with Gasteiger partial charge in [-0.15, -0.1) is 0 Å². The molecule has 0 bridgehead atoms. The lowest BCUT2D eigenvalue weighted by Crippen LogP contribution is -2.47. The smallest absolute Gasteiger partial charge is 0.224 e. The first kappa shape index (κ1) is 14.8. The van der Waals surface area contributed by atoms with Crippen molar-refractivity contribution in [3.63, 3.8) is 0 Å². The first-order valence-electron chi connectivity index (χ1n) is 7.30. The Morgan fingerprint density at radius 1 is 1.37 bits per heavy atom. The summed E-state index contributed by atoms with van der Waals surface area (Å²) in [5.74, 6) is 0.226. The fourth-order valence-corrected chi connectivity index (χ4v) is 2.98. The summed E-state index contributed by atoms with van der Waals surface area (Å²) in [5, 5.41) is 3.33. The van der Waals surface area contributed by atoms with Gasteiger partial charge >= 0.3 is 0 Å². The van der Waals surface area contributed by atoms with Crippen LogP contribution in [-0.2, 0) is 14.3 Å². The summed E-state index contributed by atoms with van der Waals surface area (Å²) in [6.45, 7) is 2.25. The number of carbonyl (C=O) groups is 1. The molecule has 2 rings (SSSR count). The van der Waals surface area contributed by atoms with Gasteiger partial charge in [0.15, 0.2) is 0 Å². The zero-order valence-corrected chi connectivity index (χ0v) is 12.1. The molecule has 1 saturated carbocycles. The van der Waals surface area contributed by atoms with Crippen LogP contribution in [0.3, 0.4) is 0 Å². The van der Waals surface area contributed by atoms with Gasteiger partial charge in [-0.3, -0.25) is 4.79 Å². The molecule has 5 heteroatoms. The molecule has 0 aromatic carbocycles. The summed E-state index contributed by atoms with van der Waals surface area (Å²) in [4.78, 5) is 14.2. The second kappa shape index (κ2) is 7.22. The molecule has 2 fully saturated rings. The maximum absolute atomic E-state index is 12.3. The minimum Gasteiger partial charge on any atom is -0.381 e. The second-order valence-electron chi connectivity index (χ2n) is 5.60. The van der Waals surface area contributed by atoms with Gasteiger partial charge in [-0.1, -0.05) is 0 Å². The second-order valence-corrected chi connectivity index (χ2v) is 5.60. The Morgan fingerprint density at radius 2 is 2.11 bits per heavy atom. The van der Waals surface area contributed by atoms with Crippen molar-refractivity contribution < 1.29 is 14.3 Å². The molecule has 1 aliphatic heterocycles. The number of nitrogens with zero attached hydrogens (tertiary/aromatic N) is 1. The third-order valence-electron chi connectivity index (χ3n) is 4.34. The van der Waals surface area contributed by atoms with Gasteiger partial charge in [0.05, 0.1) is 19.3 Å². The molecular weight excluding hydrogens is 244 g/mol. The lowest BCUT2D eigenvalue weighted by atomic mass is 9.92. The van der Waals surface area contributed by atoms with Gasteiger partial charge in [-0.2, -0.15) is 0 Å². The lowest BCUT2D eigenvalue weighted by molar-refractivity contribution is -0.134. The van der Waals surface area contributed by atoms with E-state index >= 15 is 0 Å². The fraction of sp³-hybridized carbons (Fsp3) is 0.929. The van der Waals surface area contributed by atoms with Crippen LogP contribution in [-0.4, -0.2) is 62.9 Å². The zero-order valence-electron chi connectivity index (χ0n) is 12.1. The van der Waals surface area contributed by atoms with Crippen molar-refractivity contribution in [2.24, 2.45) is 0 Å². The van der Waals surface area contributed by atoms with E-state index in [1.165, 1.54) is 0 Å². The molecule has 110 valence electrons. The summed E-state index contributed by atoms with van der Waals surface area (Å²) in [5.41, 5.74) is 0. The Morgan fingerprint density at radius 3 is 2.68 bits per heavy atom. The summed E-state index contributed by atoms with van der Waals surface area (Å²) in [7, 11) is 3.71. The fourth-order valence-electron chi connectivity index (χ4n) is 2.98. The number of ether oxygens (including phenoxy) is 2. The quantitative estimate of drug-likeness (QED) is 0.820. The highest BCUT2D eigenvalue weighted by Gasteiger charge is 2.27. The van der Waals surface area contributed by atoms with Crippen LogP contribution in [0.1, 0.15) is 32.1 Å². The predicted molar refractivity (Wildman–Crippen MR) is 73.0 cm³/mol. The average molecular weight is 270 g/mol. The standard InChI is InChI=1S/C14H26N2O3/c1-16(12-3-5-13(18-2)6-4-12)14(17)9-11-10-19-8-7-15-11/h11-13,15H,3-10H2,1-2H3.